The summed E-state index contributed by atoms with van der Waals surface area (Å²) in [6, 6.07) is 0. The molecule has 52 valence electrons. The monoisotopic (exact) mass is 167 g/mol. The van der Waals surface area contributed by atoms with Gasteiger partial charge < -0.3 is 0 Å². The lowest BCUT2D eigenvalue weighted by molar-refractivity contribution is -0.114. The lowest BCUT2D eigenvalue weighted by atomic mass is 10.6. The lowest BCUT2D eigenvalue weighted by Gasteiger charge is -1.94. The molecule has 5 heteroatoms. The highest BCUT2D eigenvalue weighted by Gasteiger charge is 1.91. The first-order valence-electron chi connectivity index (χ1n) is 2.07. The normalized spacial score (nSPS) is 13.6. The Labute approximate surface area is 59.9 Å². The Morgan fingerprint density at radius 2 is 2.44 bits per heavy atom. The molecular weight excluding hydrogens is 161 g/mol. The molecule has 1 amide bonds. The Hall–Kier alpha value is -0.290. The van der Waals surface area contributed by atoms with Crippen molar-refractivity contribution in [3.8, 4) is 0 Å². The van der Waals surface area contributed by atoms with Gasteiger partial charge in [-0.15, -0.1) is 0 Å². The Bertz CT molecular complexity index is 157. The second kappa shape index (κ2) is 4.58. The molecule has 0 saturated heterocycles. The highest BCUT2D eigenvalue weighted by molar-refractivity contribution is 8.27. The third kappa shape index (κ3) is 5.58. The van der Waals surface area contributed by atoms with Gasteiger partial charge in [0.1, 0.15) is 0 Å². The fourth-order valence-electron chi connectivity index (χ4n) is 0.233. The average Bonchev–Trinajstić information content (AvgIpc) is 1.63. The molecule has 0 aliphatic heterocycles. The number of halogens is 1. The maximum absolute atomic E-state index is 11.2. The summed E-state index contributed by atoms with van der Waals surface area (Å²) in [7, 11) is -0.581. The molecule has 0 aromatic rings. The molecule has 0 saturated carbocycles. The van der Waals surface area contributed by atoms with Gasteiger partial charge >= 0.3 is 0 Å². The van der Waals surface area contributed by atoms with Gasteiger partial charge in [0.2, 0.25) is 0 Å². The second-order valence-corrected chi connectivity index (χ2v) is 3.83. The van der Waals surface area contributed by atoms with Crippen LogP contribution in [0.1, 0.15) is 0 Å². The van der Waals surface area contributed by atoms with E-state index in [9.17, 15) is 9.18 Å². The number of carbonyl (C=O) groups is 1. The Kier molecular flexibility index (Phi) is 4.43. The van der Waals surface area contributed by atoms with Crippen molar-refractivity contribution in [3.05, 3.63) is 12.4 Å². The molecular formula is C4H6FNOS2. The van der Waals surface area contributed by atoms with Crippen molar-refractivity contribution in [1.29, 1.82) is 0 Å². The van der Waals surface area contributed by atoms with Gasteiger partial charge in [-0.1, -0.05) is 0 Å². The molecule has 9 heavy (non-hydrogen) atoms. The molecule has 0 aromatic heterocycles. The maximum atomic E-state index is 11.2. The van der Waals surface area contributed by atoms with Crippen LogP contribution in [0.15, 0.2) is 12.4 Å². The van der Waals surface area contributed by atoms with Gasteiger partial charge in [-0.25, -0.2) is 4.39 Å². The van der Waals surface area contributed by atoms with Crippen LogP contribution in [-0.4, -0.2) is 12.2 Å². The van der Waals surface area contributed by atoms with Crippen LogP contribution in [0.2, 0.25) is 0 Å². The molecule has 0 radical (unpaired) electrons. The predicted molar refractivity (Wildman–Crippen MR) is 39.0 cm³/mol. The topological polar surface area (TPSA) is 29.1 Å². The Morgan fingerprint density at radius 1 is 1.89 bits per heavy atom. The summed E-state index contributed by atoms with van der Waals surface area (Å²) >= 11 is 4.61. The van der Waals surface area contributed by atoms with E-state index in [-0.39, 0.29) is 6.33 Å². The van der Waals surface area contributed by atoms with Crippen LogP contribution >= 0.6 is 0 Å². The summed E-state index contributed by atoms with van der Waals surface area (Å²) in [6.45, 7) is 0. The zero-order valence-corrected chi connectivity index (χ0v) is 6.39. The summed E-state index contributed by atoms with van der Waals surface area (Å²) in [6.07, 6.45) is 2.62. The summed E-state index contributed by atoms with van der Waals surface area (Å²) in [5.74, 6) is -0.488. The summed E-state index contributed by atoms with van der Waals surface area (Å²) in [5.41, 5.74) is 0. The third-order valence-corrected chi connectivity index (χ3v) is 1.20. The van der Waals surface area contributed by atoms with Crippen LogP contribution in [0.3, 0.4) is 0 Å². The van der Waals surface area contributed by atoms with Crippen LogP contribution < -0.4 is 4.72 Å². The highest BCUT2D eigenvalue weighted by Crippen LogP contribution is 1.74. The van der Waals surface area contributed by atoms with Gasteiger partial charge in [-0.2, -0.15) is 0 Å². The van der Waals surface area contributed by atoms with Crippen molar-refractivity contribution in [3.63, 3.8) is 0 Å². The first kappa shape index (κ1) is 8.71. The molecule has 0 rings (SSSR count). The van der Waals surface area contributed by atoms with Crippen molar-refractivity contribution in [1.82, 2.24) is 4.72 Å². The van der Waals surface area contributed by atoms with E-state index in [0.717, 1.165) is 6.08 Å². The average molecular weight is 167 g/mol. The lowest BCUT2D eigenvalue weighted by Crippen LogP contribution is -2.21. The standard InChI is InChI=1S/C4H6FNOS2/c1-9(8)6-4(7)2-3-5/h2-3H,1H3,(H,6,7)/b3-2+. The first-order chi connectivity index (χ1) is 4.16. The molecule has 0 spiro atoms. The quantitative estimate of drug-likeness (QED) is 0.596. The molecule has 1 N–H and O–H groups in total. The fraction of sp³-hybridized carbons (Fsp3) is 0.250. The zero-order chi connectivity index (χ0) is 7.28. The zero-order valence-electron chi connectivity index (χ0n) is 4.76. The minimum Gasteiger partial charge on any atom is -0.294 e. The fourth-order valence-corrected chi connectivity index (χ4v) is 0.831. The minimum atomic E-state index is -0.581. The van der Waals surface area contributed by atoms with Crippen molar-refractivity contribution < 1.29 is 9.18 Å². The van der Waals surface area contributed by atoms with Crippen LogP contribution in [0.5, 0.6) is 0 Å². The molecule has 0 aromatic carbocycles. The number of amides is 1. The van der Waals surface area contributed by atoms with Gasteiger partial charge in [0.05, 0.1) is 6.33 Å². The first-order valence-corrected chi connectivity index (χ1v) is 4.63. The van der Waals surface area contributed by atoms with Crippen LogP contribution in [-0.2, 0) is 25.6 Å². The maximum Gasteiger partial charge on any atom is 0.256 e. The number of carbonyl (C=O) groups excluding carboxylic acids is 1. The summed E-state index contributed by atoms with van der Waals surface area (Å²) < 4.78 is 13.5. The molecule has 1 atom stereocenters. The highest BCUT2D eigenvalue weighted by atomic mass is 32.8. The third-order valence-electron chi connectivity index (χ3n) is 0.459. The molecule has 2 nitrogen and oxygen atoms in total. The van der Waals surface area contributed by atoms with E-state index in [2.05, 4.69) is 15.9 Å². The van der Waals surface area contributed by atoms with Gasteiger partial charge in [-0.3, -0.25) is 9.52 Å². The number of hydrogen-bond acceptors (Lipinski definition) is 2. The van der Waals surface area contributed by atoms with E-state index in [1.807, 2.05) is 0 Å². The van der Waals surface area contributed by atoms with E-state index >= 15 is 0 Å². The number of rotatable bonds is 2. The number of hydrogen-bond donors (Lipinski definition) is 1. The summed E-state index contributed by atoms with van der Waals surface area (Å²) in [5, 5.41) is 0. The molecule has 0 heterocycles. The van der Waals surface area contributed by atoms with E-state index < -0.39 is 15.5 Å². The Morgan fingerprint density at radius 3 is 2.78 bits per heavy atom. The van der Waals surface area contributed by atoms with Crippen molar-refractivity contribution in [2.75, 3.05) is 6.26 Å². The van der Waals surface area contributed by atoms with E-state index in [1.54, 1.807) is 6.26 Å². The predicted octanol–water partition coefficient (Wildman–Crippen LogP) is 0.211. The molecule has 0 aliphatic rings. The molecule has 1 unspecified atom stereocenters. The second-order valence-electron chi connectivity index (χ2n) is 1.21. The van der Waals surface area contributed by atoms with Gasteiger partial charge in [0.25, 0.3) is 5.91 Å². The molecule has 0 aliphatic carbocycles. The van der Waals surface area contributed by atoms with Crippen molar-refractivity contribution in [2.24, 2.45) is 0 Å². The van der Waals surface area contributed by atoms with Crippen molar-refractivity contribution in [2.45, 2.75) is 0 Å². The van der Waals surface area contributed by atoms with E-state index in [0.29, 0.717) is 0 Å². The summed E-state index contributed by atoms with van der Waals surface area (Å²) in [4.78, 5) is 10.4. The SMILES string of the molecule is CS(=S)NC(=O)/C=C/F. The Balaban J connectivity index is 3.64. The van der Waals surface area contributed by atoms with E-state index in [1.165, 1.54) is 0 Å². The van der Waals surface area contributed by atoms with Crippen LogP contribution in [0.25, 0.3) is 0 Å². The van der Waals surface area contributed by atoms with Gasteiger partial charge in [0.15, 0.2) is 0 Å². The molecule has 0 fully saturated rings. The van der Waals surface area contributed by atoms with Crippen molar-refractivity contribution >= 4 is 26.7 Å². The smallest absolute Gasteiger partial charge is 0.256 e. The van der Waals surface area contributed by atoms with Crippen LogP contribution in [0, 0.1) is 0 Å². The minimum absolute atomic E-state index is 0.178. The van der Waals surface area contributed by atoms with Gasteiger partial charge in [-0.05, 0) is 20.8 Å². The largest absolute Gasteiger partial charge is 0.294 e. The number of nitrogens with one attached hydrogen (secondary N) is 1. The van der Waals surface area contributed by atoms with Gasteiger partial charge in [0, 0.05) is 12.3 Å². The van der Waals surface area contributed by atoms with Crippen LogP contribution in [0.4, 0.5) is 4.39 Å². The van der Waals surface area contributed by atoms with E-state index in [4.69, 9.17) is 0 Å². The molecule has 0 bridgehead atoms.